The van der Waals surface area contributed by atoms with E-state index in [1.807, 2.05) is 45.0 Å². The molecule has 0 fully saturated rings. The van der Waals surface area contributed by atoms with Crippen LogP contribution in [0.2, 0.25) is 0 Å². The van der Waals surface area contributed by atoms with E-state index in [0.717, 1.165) is 11.4 Å². The Morgan fingerprint density at radius 2 is 1.75 bits per heavy atom. The summed E-state index contributed by atoms with van der Waals surface area (Å²) in [7, 11) is 3.92. The van der Waals surface area contributed by atoms with Crippen molar-refractivity contribution in [2.75, 3.05) is 19.0 Å². The number of nitrogens with one attached hydrogen (secondary N) is 1. The summed E-state index contributed by atoms with van der Waals surface area (Å²) >= 11 is 0. The van der Waals surface area contributed by atoms with Crippen LogP contribution in [0.5, 0.6) is 0 Å². The maximum atomic E-state index is 11.6. The third-order valence-electron chi connectivity index (χ3n) is 2.03. The summed E-state index contributed by atoms with van der Waals surface area (Å²) in [6.45, 7) is 3.66. The molecular formula is C12H17N3O. The van der Waals surface area contributed by atoms with Gasteiger partial charge >= 0.3 is 0 Å². The van der Waals surface area contributed by atoms with Gasteiger partial charge in [-0.25, -0.2) is 5.43 Å². The fourth-order valence-electron chi connectivity index (χ4n) is 1.14. The molecular weight excluding hydrogens is 202 g/mol. The van der Waals surface area contributed by atoms with Gasteiger partial charge in [0.05, 0.1) is 0 Å². The number of carbonyl (C=O) groups is 1. The molecule has 0 radical (unpaired) electrons. The largest absolute Gasteiger partial charge is 0.378 e. The van der Waals surface area contributed by atoms with Crippen LogP contribution in [-0.4, -0.2) is 25.7 Å². The van der Waals surface area contributed by atoms with E-state index in [4.69, 9.17) is 0 Å². The number of amides is 1. The molecule has 0 saturated carbocycles. The highest BCUT2D eigenvalue weighted by Gasteiger charge is 2.04. The molecule has 0 aliphatic carbocycles. The van der Waals surface area contributed by atoms with E-state index in [-0.39, 0.29) is 5.91 Å². The monoisotopic (exact) mass is 219 g/mol. The van der Waals surface area contributed by atoms with Crippen molar-refractivity contribution in [3.8, 4) is 0 Å². The van der Waals surface area contributed by atoms with Crippen LogP contribution in [0.4, 0.5) is 5.69 Å². The number of hydrogen-bond donors (Lipinski definition) is 1. The number of benzene rings is 1. The van der Waals surface area contributed by atoms with Gasteiger partial charge in [0, 0.05) is 31.1 Å². The molecule has 0 spiro atoms. The molecule has 16 heavy (non-hydrogen) atoms. The highest BCUT2D eigenvalue weighted by molar-refractivity contribution is 5.95. The average Bonchev–Trinajstić information content (AvgIpc) is 2.26. The van der Waals surface area contributed by atoms with Crippen LogP contribution in [0.1, 0.15) is 24.2 Å². The molecule has 0 aliphatic heterocycles. The molecule has 1 rings (SSSR count). The third-order valence-corrected chi connectivity index (χ3v) is 2.03. The number of rotatable bonds is 3. The molecule has 0 heterocycles. The number of nitrogens with zero attached hydrogens (tertiary/aromatic N) is 2. The minimum absolute atomic E-state index is 0.188. The lowest BCUT2D eigenvalue weighted by molar-refractivity contribution is 0.0955. The fourth-order valence-corrected chi connectivity index (χ4v) is 1.14. The molecule has 1 aromatic carbocycles. The van der Waals surface area contributed by atoms with E-state index in [0.29, 0.717) is 5.56 Å². The lowest BCUT2D eigenvalue weighted by Crippen LogP contribution is -2.18. The van der Waals surface area contributed by atoms with Crippen molar-refractivity contribution >= 4 is 17.3 Å². The molecule has 0 unspecified atom stereocenters. The smallest absolute Gasteiger partial charge is 0.271 e. The Kier molecular flexibility index (Phi) is 4.05. The van der Waals surface area contributed by atoms with Crippen LogP contribution in [0.25, 0.3) is 0 Å². The molecule has 0 atom stereocenters. The number of hydrogen-bond acceptors (Lipinski definition) is 3. The van der Waals surface area contributed by atoms with Crippen LogP contribution in [-0.2, 0) is 0 Å². The van der Waals surface area contributed by atoms with Gasteiger partial charge in [-0.1, -0.05) is 0 Å². The van der Waals surface area contributed by atoms with Crippen LogP contribution >= 0.6 is 0 Å². The summed E-state index contributed by atoms with van der Waals surface area (Å²) in [6, 6.07) is 7.37. The van der Waals surface area contributed by atoms with E-state index in [2.05, 4.69) is 10.5 Å². The number of carbonyl (C=O) groups excluding carboxylic acids is 1. The van der Waals surface area contributed by atoms with Crippen LogP contribution < -0.4 is 10.3 Å². The standard InChI is InChI=1S/C12H17N3O/c1-9(2)13-14-12(16)10-5-7-11(8-6-10)15(3)4/h5-8H,1-4H3,(H,14,16). The van der Waals surface area contributed by atoms with Gasteiger partial charge in [0.25, 0.3) is 5.91 Å². The zero-order chi connectivity index (χ0) is 12.1. The number of hydrazone groups is 1. The van der Waals surface area contributed by atoms with Crippen LogP contribution in [0, 0.1) is 0 Å². The van der Waals surface area contributed by atoms with Crippen molar-refractivity contribution in [2.45, 2.75) is 13.8 Å². The fraction of sp³-hybridized carbons (Fsp3) is 0.333. The minimum Gasteiger partial charge on any atom is -0.378 e. The van der Waals surface area contributed by atoms with Gasteiger partial charge in [0.2, 0.25) is 0 Å². The molecule has 4 nitrogen and oxygen atoms in total. The second kappa shape index (κ2) is 5.30. The van der Waals surface area contributed by atoms with Crippen molar-refractivity contribution in [1.82, 2.24) is 5.43 Å². The summed E-state index contributed by atoms with van der Waals surface area (Å²) in [6.07, 6.45) is 0. The van der Waals surface area contributed by atoms with Crippen molar-refractivity contribution in [3.63, 3.8) is 0 Å². The molecule has 0 bridgehead atoms. The molecule has 0 aromatic heterocycles. The van der Waals surface area contributed by atoms with E-state index >= 15 is 0 Å². The van der Waals surface area contributed by atoms with Gasteiger partial charge in [-0.15, -0.1) is 0 Å². The predicted octanol–water partition coefficient (Wildman–Crippen LogP) is 1.88. The first-order valence-corrected chi connectivity index (χ1v) is 5.09. The van der Waals surface area contributed by atoms with Crippen molar-refractivity contribution in [2.24, 2.45) is 5.10 Å². The first kappa shape index (κ1) is 12.2. The normalized spacial score (nSPS) is 9.50. The second-order valence-corrected chi connectivity index (χ2v) is 3.94. The average molecular weight is 219 g/mol. The molecule has 0 aliphatic rings. The third kappa shape index (κ3) is 3.38. The summed E-state index contributed by atoms with van der Waals surface area (Å²) in [5.74, 6) is -0.188. The van der Waals surface area contributed by atoms with Crippen LogP contribution in [0.15, 0.2) is 29.4 Å². The van der Waals surface area contributed by atoms with E-state index in [1.54, 1.807) is 12.1 Å². The molecule has 1 aromatic rings. The second-order valence-electron chi connectivity index (χ2n) is 3.94. The van der Waals surface area contributed by atoms with Crippen LogP contribution in [0.3, 0.4) is 0 Å². The Hall–Kier alpha value is -1.84. The maximum absolute atomic E-state index is 11.6. The van der Waals surface area contributed by atoms with Gasteiger partial charge < -0.3 is 4.90 Å². The Labute approximate surface area is 96.0 Å². The van der Waals surface area contributed by atoms with E-state index in [1.165, 1.54) is 0 Å². The van der Waals surface area contributed by atoms with Crippen molar-refractivity contribution in [1.29, 1.82) is 0 Å². The minimum atomic E-state index is -0.188. The Balaban J connectivity index is 2.74. The molecule has 1 N–H and O–H groups in total. The zero-order valence-corrected chi connectivity index (χ0v) is 10.1. The van der Waals surface area contributed by atoms with E-state index < -0.39 is 0 Å². The van der Waals surface area contributed by atoms with Crippen molar-refractivity contribution < 1.29 is 4.79 Å². The molecule has 1 amide bonds. The first-order valence-electron chi connectivity index (χ1n) is 5.09. The Bertz CT molecular complexity index is 389. The summed E-state index contributed by atoms with van der Waals surface area (Å²) in [5.41, 5.74) is 4.97. The van der Waals surface area contributed by atoms with E-state index in [9.17, 15) is 4.79 Å². The van der Waals surface area contributed by atoms with Gasteiger partial charge in [0.15, 0.2) is 0 Å². The zero-order valence-electron chi connectivity index (χ0n) is 10.1. The molecule has 4 heteroatoms. The molecule has 86 valence electrons. The maximum Gasteiger partial charge on any atom is 0.271 e. The highest BCUT2D eigenvalue weighted by Crippen LogP contribution is 2.11. The SMILES string of the molecule is CC(C)=NNC(=O)c1ccc(N(C)C)cc1. The van der Waals surface area contributed by atoms with Gasteiger partial charge in [-0.3, -0.25) is 4.79 Å². The van der Waals surface area contributed by atoms with Crippen molar-refractivity contribution in [3.05, 3.63) is 29.8 Å². The Morgan fingerprint density at radius 1 is 1.19 bits per heavy atom. The lowest BCUT2D eigenvalue weighted by atomic mass is 10.2. The van der Waals surface area contributed by atoms with Gasteiger partial charge in [-0.05, 0) is 38.1 Å². The van der Waals surface area contributed by atoms with Gasteiger partial charge in [-0.2, -0.15) is 5.10 Å². The molecule has 0 saturated heterocycles. The van der Waals surface area contributed by atoms with Gasteiger partial charge in [0.1, 0.15) is 0 Å². The highest BCUT2D eigenvalue weighted by atomic mass is 16.2. The lowest BCUT2D eigenvalue weighted by Gasteiger charge is -2.12. The predicted molar refractivity (Wildman–Crippen MR) is 67.0 cm³/mol. The topological polar surface area (TPSA) is 44.7 Å². The summed E-state index contributed by atoms with van der Waals surface area (Å²) in [5, 5.41) is 3.87. The summed E-state index contributed by atoms with van der Waals surface area (Å²) in [4.78, 5) is 13.6. The first-order chi connectivity index (χ1) is 7.50. The number of anilines is 1. The summed E-state index contributed by atoms with van der Waals surface area (Å²) < 4.78 is 0. The quantitative estimate of drug-likeness (QED) is 0.623. The Morgan fingerprint density at radius 3 is 2.19 bits per heavy atom.